The number of rotatable bonds is 4. The summed E-state index contributed by atoms with van der Waals surface area (Å²) in [5.41, 5.74) is 6.17. The summed E-state index contributed by atoms with van der Waals surface area (Å²) in [7, 11) is 0. The molecule has 3 heteroatoms. The van der Waals surface area contributed by atoms with Crippen molar-refractivity contribution >= 4 is 5.69 Å². The normalized spacial score (nSPS) is 15.7. The summed E-state index contributed by atoms with van der Waals surface area (Å²) < 4.78 is 5.45. The molecule has 1 aromatic heterocycles. The average Bonchev–Trinajstić information content (AvgIpc) is 2.92. The summed E-state index contributed by atoms with van der Waals surface area (Å²) in [5.74, 6) is 1.59. The van der Waals surface area contributed by atoms with Crippen LogP contribution >= 0.6 is 0 Å². The van der Waals surface area contributed by atoms with Crippen LogP contribution in [0.4, 0.5) is 5.69 Å². The first kappa shape index (κ1) is 8.35. The molecule has 3 nitrogen and oxygen atoms in total. The van der Waals surface area contributed by atoms with Crippen molar-refractivity contribution in [1.82, 2.24) is 4.98 Å². The second-order valence-electron chi connectivity index (χ2n) is 3.51. The van der Waals surface area contributed by atoms with Gasteiger partial charge in [-0.15, -0.1) is 0 Å². The van der Waals surface area contributed by atoms with E-state index in [0.29, 0.717) is 11.6 Å². The van der Waals surface area contributed by atoms with Crippen LogP contribution in [0.2, 0.25) is 0 Å². The Morgan fingerprint density at radius 3 is 2.92 bits per heavy atom. The minimum Gasteiger partial charge on any atom is -0.478 e. The second-order valence-corrected chi connectivity index (χ2v) is 3.51. The highest BCUT2D eigenvalue weighted by atomic mass is 16.5. The van der Waals surface area contributed by atoms with Gasteiger partial charge in [-0.1, -0.05) is 12.8 Å². The van der Waals surface area contributed by atoms with E-state index in [0.717, 1.165) is 18.9 Å². The van der Waals surface area contributed by atoms with Gasteiger partial charge in [-0.2, -0.15) is 0 Å². The van der Waals surface area contributed by atoms with Crippen LogP contribution in [0.1, 0.15) is 19.3 Å². The van der Waals surface area contributed by atoms with Crippen LogP contribution in [-0.2, 0) is 0 Å². The van der Waals surface area contributed by atoms with Gasteiger partial charge in [0.05, 0.1) is 18.5 Å². The Balaban J connectivity index is 1.76. The predicted molar refractivity (Wildman–Crippen MR) is 51.5 cm³/mol. The lowest BCUT2D eigenvalue weighted by molar-refractivity contribution is 0.291. The number of pyridine rings is 1. The number of nitrogens with two attached hydrogens (primary N) is 1. The fourth-order valence-corrected chi connectivity index (χ4v) is 1.21. The molecule has 0 amide bonds. The molecule has 2 N–H and O–H groups in total. The van der Waals surface area contributed by atoms with Crippen molar-refractivity contribution in [3.05, 3.63) is 18.3 Å². The number of nitrogens with zero attached hydrogens (tertiary/aromatic N) is 1. The fourth-order valence-electron chi connectivity index (χ4n) is 1.21. The number of nitrogen functional groups attached to an aromatic ring is 1. The van der Waals surface area contributed by atoms with Crippen molar-refractivity contribution < 1.29 is 4.74 Å². The van der Waals surface area contributed by atoms with E-state index in [2.05, 4.69) is 4.98 Å². The van der Waals surface area contributed by atoms with Gasteiger partial charge in [0, 0.05) is 6.07 Å². The van der Waals surface area contributed by atoms with Gasteiger partial charge in [-0.05, 0) is 18.4 Å². The van der Waals surface area contributed by atoms with Gasteiger partial charge in [0.2, 0.25) is 5.88 Å². The van der Waals surface area contributed by atoms with E-state index in [-0.39, 0.29) is 0 Å². The highest BCUT2D eigenvalue weighted by molar-refractivity contribution is 5.35. The van der Waals surface area contributed by atoms with Gasteiger partial charge in [0.25, 0.3) is 0 Å². The Bertz CT molecular complexity index is 267. The molecule has 1 aliphatic rings. The topological polar surface area (TPSA) is 48.1 Å². The minimum atomic E-state index is 0.676. The lowest BCUT2D eigenvalue weighted by Crippen LogP contribution is -1.99. The zero-order chi connectivity index (χ0) is 9.10. The zero-order valence-corrected chi connectivity index (χ0v) is 7.57. The number of aromatic nitrogens is 1. The Kier molecular flexibility index (Phi) is 2.34. The van der Waals surface area contributed by atoms with Crippen LogP contribution in [0, 0.1) is 5.92 Å². The van der Waals surface area contributed by atoms with Gasteiger partial charge < -0.3 is 10.5 Å². The van der Waals surface area contributed by atoms with Crippen LogP contribution in [-0.4, -0.2) is 11.6 Å². The van der Waals surface area contributed by atoms with Crippen LogP contribution in [0.5, 0.6) is 5.88 Å². The third-order valence-corrected chi connectivity index (χ3v) is 2.23. The molecule has 1 heterocycles. The summed E-state index contributed by atoms with van der Waals surface area (Å²) in [6.45, 7) is 0.779. The molecular formula is C10H14N2O. The largest absolute Gasteiger partial charge is 0.478 e. The third-order valence-electron chi connectivity index (χ3n) is 2.23. The molecule has 0 bridgehead atoms. The molecule has 0 atom stereocenters. The minimum absolute atomic E-state index is 0.676. The van der Waals surface area contributed by atoms with Crippen LogP contribution < -0.4 is 10.5 Å². The average molecular weight is 178 g/mol. The monoisotopic (exact) mass is 178 g/mol. The third kappa shape index (κ3) is 2.61. The summed E-state index contributed by atoms with van der Waals surface area (Å²) in [4.78, 5) is 4.05. The molecule has 0 spiro atoms. The van der Waals surface area contributed by atoms with Gasteiger partial charge in [-0.25, -0.2) is 4.98 Å². The van der Waals surface area contributed by atoms with Crippen molar-refractivity contribution in [2.75, 3.05) is 12.3 Å². The maximum Gasteiger partial charge on any atom is 0.213 e. The molecule has 0 unspecified atom stereocenters. The summed E-state index contributed by atoms with van der Waals surface area (Å²) >= 11 is 0. The first-order valence-electron chi connectivity index (χ1n) is 4.69. The lowest BCUT2D eigenvalue weighted by Gasteiger charge is -2.03. The molecule has 0 saturated heterocycles. The second kappa shape index (κ2) is 3.64. The Hall–Kier alpha value is -1.25. The molecular weight excluding hydrogens is 164 g/mol. The van der Waals surface area contributed by atoms with E-state index in [1.165, 1.54) is 12.8 Å². The summed E-state index contributed by atoms with van der Waals surface area (Å²) in [6, 6.07) is 3.61. The molecule has 0 radical (unpaired) electrons. The van der Waals surface area contributed by atoms with E-state index >= 15 is 0 Å². The first-order chi connectivity index (χ1) is 6.34. The highest BCUT2D eigenvalue weighted by Gasteiger charge is 2.20. The SMILES string of the molecule is Nc1ccc(OCCC2CC2)nc1. The van der Waals surface area contributed by atoms with Crippen molar-refractivity contribution in [3.8, 4) is 5.88 Å². The van der Waals surface area contributed by atoms with E-state index in [1.807, 2.05) is 6.07 Å². The van der Waals surface area contributed by atoms with Gasteiger partial charge in [-0.3, -0.25) is 0 Å². The van der Waals surface area contributed by atoms with Gasteiger partial charge in [0.15, 0.2) is 0 Å². The molecule has 70 valence electrons. The molecule has 1 aliphatic carbocycles. The van der Waals surface area contributed by atoms with Crippen molar-refractivity contribution in [2.45, 2.75) is 19.3 Å². The molecule has 0 aliphatic heterocycles. The van der Waals surface area contributed by atoms with E-state index in [4.69, 9.17) is 10.5 Å². The predicted octanol–water partition coefficient (Wildman–Crippen LogP) is 1.84. The number of hydrogen-bond donors (Lipinski definition) is 1. The van der Waals surface area contributed by atoms with Gasteiger partial charge >= 0.3 is 0 Å². The Morgan fingerprint density at radius 2 is 2.31 bits per heavy atom. The molecule has 2 rings (SSSR count). The van der Waals surface area contributed by atoms with E-state index < -0.39 is 0 Å². The summed E-state index contributed by atoms with van der Waals surface area (Å²) in [6.07, 6.45) is 5.52. The zero-order valence-electron chi connectivity index (χ0n) is 7.57. The standard InChI is InChI=1S/C10H14N2O/c11-9-3-4-10(12-7-9)13-6-5-8-1-2-8/h3-4,7-8H,1-2,5-6,11H2. The molecule has 0 aromatic carbocycles. The Labute approximate surface area is 77.9 Å². The molecule has 1 saturated carbocycles. The quantitative estimate of drug-likeness (QED) is 0.765. The maximum absolute atomic E-state index is 5.50. The van der Waals surface area contributed by atoms with Crippen molar-refractivity contribution in [3.63, 3.8) is 0 Å². The van der Waals surface area contributed by atoms with Crippen LogP contribution in [0.25, 0.3) is 0 Å². The highest BCUT2D eigenvalue weighted by Crippen LogP contribution is 2.32. The number of hydrogen-bond acceptors (Lipinski definition) is 3. The lowest BCUT2D eigenvalue weighted by atomic mass is 10.3. The maximum atomic E-state index is 5.50. The number of anilines is 1. The van der Waals surface area contributed by atoms with Crippen LogP contribution in [0.3, 0.4) is 0 Å². The molecule has 13 heavy (non-hydrogen) atoms. The van der Waals surface area contributed by atoms with Crippen molar-refractivity contribution in [1.29, 1.82) is 0 Å². The summed E-state index contributed by atoms with van der Waals surface area (Å²) in [5, 5.41) is 0. The van der Waals surface area contributed by atoms with Gasteiger partial charge in [0.1, 0.15) is 0 Å². The fraction of sp³-hybridized carbons (Fsp3) is 0.500. The molecule has 1 fully saturated rings. The van der Waals surface area contributed by atoms with E-state index in [1.54, 1.807) is 12.3 Å². The first-order valence-corrected chi connectivity index (χ1v) is 4.69. The number of ether oxygens (including phenoxy) is 1. The van der Waals surface area contributed by atoms with Crippen molar-refractivity contribution in [2.24, 2.45) is 5.92 Å². The van der Waals surface area contributed by atoms with E-state index in [9.17, 15) is 0 Å². The Morgan fingerprint density at radius 1 is 1.46 bits per heavy atom. The van der Waals surface area contributed by atoms with Crippen LogP contribution in [0.15, 0.2) is 18.3 Å². The molecule has 1 aromatic rings. The smallest absolute Gasteiger partial charge is 0.213 e.